The summed E-state index contributed by atoms with van der Waals surface area (Å²) in [5.41, 5.74) is 1.20. The smallest absolute Gasteiger partial charge is 0.287 e. The number of amides is 2. The van der Waals surface area contributed by atoms with Crippen molar-refractivity contribution < 1.29 is 14.0 Å². The molecule has 1 aliphatic heterocycles. The van der Waals surface area contributed by atoms with Crippen LogP contribution in [0.4, 0.5) is 0 Å². The normalized spacial score (nSPS) is 16.5. The van der Waals surface area contributed by atoms with Gasteiger partial charge in [-0.15, -0.1) is 22.7 Å². The minimum absolute atomic E-state index is 0.0408. The van der Waals surface area contributed by atoms with Gasteiger partial charge in [0, 0.05) is 16.3 Å². The number of rotatable bonds is 4. The summed E-state index contributed by atoms with van der Waals surface area (Å²) in [7, 11) is 0. The molecule has 0 radical (unpaired) electrons. The van der Waals surface area contributed by atoms with Crippen LogP contribution < -0.4 is 5.32 Å². The Morgan fingerprint density at radius 1 is 1.20 bits per heavy atom. The number of nitrogens with zero attached hydrogens (tertiary/aromatic N) is 1. The van der Waals surface area contributed by atoms with Gasteiger partial charge in [-0.25, -0.2) is 0 Å². The molecule has 0 spiro atoms. The first-order chi connectivity index (χ1) is 12.2. The Morgan fingerprint density at radius 3 is 2.88 bits per heavy atom. The van der Waals surface area contributed by atoms with Gasteiger partial charge in [-0.3, -0.25) is 9.59 Å². The van der Waals surface area contributed by atoms with Crippen molar-refractivity contribution in [3.8, 4) is 0 Å². The van der Waals surface area contributed by atoms with E-state index in [2.05, 4.69) is 22.8 Å². The average molecular weight is 372 g/mol. The highest BCUT2D eigenvalue weighted by Gasteiger charge is 2.33. The summed E-state index contributed by atoms with van der Waals surface area (Å²) in [6, 6.07) is 9.32. The third-order valence-corrected chi connectivity index (χ3v) is 6.17. The van der Waals surface area contributed by atoms with Crippen LogP contribution >= 0.6 is 22.7 Å². The average Bonchev–Trinajstić information content (AvgIpc) is 3.39. The molecule has 0 fully saturated rings. The highest BCUT2D eigenvalue weighted by atomic mass is 32.1. The van der Waals surface area contributed by atoms with Gasteiger partial charge in [-0.1, -0.05) is 6.07 Å². The zero-order chi connectivity index (χ0) is 17.2. The summed E-state index contributed by atoms with van der Waals surface area (Å²) in [5.74, 6) is -0.254. The summed E-state index contributed by atoms with van der Waals surface area (Å²) in [6.07, 6.45) is 2.29. The maximum atomic E-state index is 12.8. The number of fused-ring (bicyclic) bond motifs is 1. The highest BCUT2D eigenvalue weighted by molar-refractivity contribution is 7.10. The first-order valence-corrected chi connectivity index (χ1v) is 9.71. The molecule has 0 aliphatic carbocycles. The zero-order valence-electron chi connectivity index (χ0n) is 13.3. The van der Waals surface area contributed by atoms with Crippen LogP contribution in [0.3, 0.4) is 0 Å². The van der Waals surface area contributed by atoms with E-state index in [4.69, 9.17) is 4.42 Å². The van der Waals surface area contributed by atoms with Crippen LogP contribution in [0.2, 0.25) is 0 Å². The van der Waals surface area contributed by atoms with Crippen LogP contribution in [0.1, 0.15) is 31.9 Å². The van der Waals surface area contributed by atoms with Crippen molar-refractivity contribution in [1.29, 1.82) is 0 Å². The van der Waals surface area contributed by atoms with E-state index in [9.17, 15) is 9.59 Å². The van der Waals surface area contributed by atoms with Gasteiger partial charge in [-0.2, -0.15) is 0 Å². The molecular weight excluding hydrogens is 356 g/mol. The van der Waals surface area contributed by atoms with E-state index in [1.165, 1.54) is 16.7 Å². The predicted molar refractivity (Wildman–Crippen MR) is 96.9 cm³/mol. The number of hydrogen-bond acceptors (Lipinski definition) is 5. The first kappa shape index (κ1) is 16.1. The molecule has 5 nitrogen and oxygen atoms in total. The lowest BCUT2D eigenvalue weighted by atomic mass is 9.98. The molecule has 1 aliphatic rings. The molecule has 1 N–H and O–H groups in total. The van der Waals surface area contributed by atoms with Crippen molar-refractivity contribution in [2.24, 2.45) is 0 Å². The minimum atomic E-state index is -0.376. The van der Waals surface area contributed by atoms with Gasteiger partial charge in [0.2, 0.25) is 5.91 Å². The lowest BCUT2D eigenvalue weighted by molar-refractivity contribution is -0.132. The number of thiophene rings is 2. The predicted octanol–water partition coefficient (Wildman–Crippen LogP) is 3.31. The van der Waals surface area contributed by atoms with Gasteiger partial charge in [0.1, 0.15) is 0 Å². The van der Waals surface area contributed by atoms with Crippen molar-refractivity contribution in [3.63, 3.8) is 0 Å². The lowest BCUT2D eigenvalue weighted by Crippen LogP contribution is -2.45. The number of hydrogen-bond donors (Lipinski definition) is 1. The van der Waals surface area contributed by atoms with E-state index in [0.29, 0.717) is 6.54 Å². The highest BCUT2D eigenvalue weighted by Crippen LogP contribution is 2.39. The molecule has 1 unspecified atom stereocenters. The van der Waals surface area contributed by atoms with Gasteiger partial charge in [0.15, 0.2) is 5.76 Å². The molecule has 3 aromatic heterocycles. The SMILES string of the molecule is O=C(NCC(=O)N1CCc2sccc2C1c1cccs1)c1ccco1. The fourth-order valence-corrected chi connectivity index (χ4v) is 4.85. The Kier molecular flexibility index (Phi) is 4.42. The van der Waals surface area contributed by atoms with E-state index in [1.54, 1.807) is 34.8 Å². The fraction of sp³-hybridized carbons (Fsp3) is 0.222. The molecule has 0 aromatic carbocycles. The summed E-state index contributed by atoms with van der Waals surface area (Å²) in [6.45, 7) is 0.617. The van der Waals surface area contributed by atoms with Gasteiger partial charge in [0.05, 0.1) is 18.8 Å². The minimum Gasteiger partial charge on any atom is -0.459 e. The monoisotopic (exact) mass is 372 g/mol. The van der Waals surface area contributed by atoms with E-state index in [1.807, 2.05) is 16.3 Å². The zero-order valence-corrected chi connectivity index (χ0v) is 14.9. The van der Waals surface area contributed by atoms with Gasteiger partial charge in [-0.05, 0) is 47.0 Å². The third-order valence-electron chi connectivity index (χ3n) is 4.24. The maximum Gasteiger partial charge on any atom is 0.287 e. The number of carbonyl (C=O) groups excluding carboxylic acids is 2. The van der Waals surface area contributed by atoms with E-state index in [-0.39, 0.29) is 30.2 Å². The Morgan fingerprint density at radius 2 is 2.12 bits per heavy atom. The molecular formula is C18H16N2O3S2. The van der Waals surface area contributed by atoms with Crippen molar-refractivity contribution in [3.05, 3.63) is 68.4 Å². The maximum absolute atomic E-state index is 12.8. The fourth-order valence-electron chi connectivity index (χ4n) is 3.09. The Labute approximate surface area is 152 Å². The topological polar surface area (TPSA) is 62.6 Å². The Bertz CT molecular complexity index is 868. The summed E-state index contributed by atoms with van der Waals surface area (Å²) in [4.78, 5) is 29.1. The first-order valence-electron chi connectivity index (χ1n) is 7.95. The molecule has 0 saturated carbocycles. The Balaban J connectivity index is 1.52. The quantitative estimate of drug-likeness (QED) is 0.764. The summed E-state index contributed by atoms with van der Waals surface area (Å²) >= 11 is 3.39. The van der Waals surface area contributed by atoms with Gasteiger partial charge >= 0.3 is 0 Å². The van der Waals surface area contributed by atoms with Crippen LogP contribution in [-0.2, 0) is 11.2 Å². The van der Waals surface area contributed by atoms with E-state index in [0.717, 1.165) is 11.3 Å². The number of furan rings is 1. The molecule has 7 heteroatoms. The number of nitrogens with one attached hydrogen (secondary N) is 1. The van der Waals surface area contributed by atoms with Crippen LogP contribution in [0.25, 0.3) is 0 Å². The largest absolute Gasteiger partial charge is 0.459 e. The molecule has 0 saturated heterocycles. The second kappa shape index (κ2) is 6.85. The molecule has 3 aromatic rings. The molecule has 1 atom stereocenters. The van der Waals surface area contributed by atoms with Crippen LogP contribution in [0.5, 0.6) is 0 Å². The molecule has 0 bridgehead atoms. The van der Waals surface area contributed by atoms with E-state index >= 15 is 0 Å². The summed E-state index contributed by atoms with van der Waals surface area (Å²) in [5, 5.41) is 6.75. The van der Waals surface area contributed by atoms with Gasteiger partial charge < -0.3 is 14.6 Å². The second-order valence-corrected chi connectivity index (χ2v) is 7.69. The summed E-state index contributed by atoms with van der Waals surface area (Å²) < 4.78 is 5.06. The van der Waals surface area contributed by atoms with Crippen LogP contribution in [0, 0.1) is 0 Å². The second-order valence-electron chi connectivity index (χ2n) is 5.71. The number of carbonyl (C=O) groups is 2. The Hall–Kier alpha value is -2.38. The van der Waals surface area contributed by atoms with Crippen LogP contribution in [-0.4, -0.2) is 29.8 Å². The van der Waals surface area contributed by atoms with Gasteiger partial charge in [0.25, 0.3) is 5.91 Å². The lowest BCUT2D eigenvalue weighted by Gasteiger charge is -2.35. The molecule has 2 amide bonds. The van der Waals surface area contributed by atoms with Crippen molar-refractivity contribution >= 4 is 34.5 Å². The van der Waals surface area contributed by atoms with Crippen molar-refractivity contribution in [2.75, 3.05) is 13.1 Å². The van der Waals surface area contributed by atoms with Crippen molar-refractivity contribution in [2.45, 2.75) is 12.5 Å². The van der Waals surface area contributed by atoms with Crippen LogP contribution in [0.15, 0.2) is 51.8 Å². The molecule has 128 valence electrons. The van der Waals surface area contributed by atoms with Crippen molar-refractivity contribution in [1.82, 2.24) is 10.2 Å². The standard InChI is InChI=1S/C18H16N2O3S2/c21-16(11-19-18(22)13-3-1-8-23-13)20-7-5-14-12(6-10-25-14)17(20)15-4-2-9-24-15/h1-4,6,8-10,17H,5,7,11H2,(H,19,22). The molecule has 4 heterocycles. The molecule has 4 rings (SSSR count). The molecule has 25 heavy (non-hydrogen) atoms. The third kappa shape index (κ3) is 3.12. The van der Waals surface area contributed by atoms with E-state index < -0.39 is 0 Å².